The van der Waals surface area contributed by atoms with Gasteiger partial charge in [-0.3, -0.25) is 19.2 Å². The number of carbonyl (C=O) groups is 6. The molecule has 0 bridgehead atoms. The third kappa shape index (κ3) is 42.2. The zero-order valence-electron chi connectivity index (χ0n) is 30.4. The number of amides is 5. The quantitative estimate of drug-likeness (QED) is 0.0868. The number of carbonyl (C=O) groups excluding carboxylic acids is 6. The Morgan fingerprint density at radius 2 is 1.58 bits per heavy atom. The normalized spacial score (nSPS) is 11.0. The molecule has 1 aliphatic rings. The van der Waals surface area contributed by atoms with Crippen LogP contribution in [0.4, 0.5) is 10.5 Å². The predicted molar refractivity (Wildman–Crippen MR) is 187 cm³/mol. The molecular formula is C32H58FmN7O10-. The van der Waals surface area contributed by atoms with E-state index in [4.69, 9.17) is 14.6 Å². The Morgan fingerprint density at radius 3 is 1.90 bits per heavy atom. The fourth-order valence-electron chi connectivity index (χ4n) is 2.77. The van der Waals surface area contributed by atoms with Gasteiger partial charge in [-0.25, -0.2) is 9.59 Å². The van der Waals surface area contributed by atoms with Crippen molar-refractivity contribution in [2.24, 2.45) is 11.7 Å². The predicted octanol–water partition coefficient (Wildman–Crippen LogP) is 0.930. The maximum absolute atomic E-state index is 11.7. The van der Waals surface area contributed by atoms with E-state index in [2.05, 4.69) is 52.5 Å². The topological polar surface area (TPSA) is 239 Å². The first-order valence-corrected chi connectivity index (χ1v) is 15.5. The summed E-state index contributed by atoms with van der Waals surface area (Å²) in [6.07, 6.45) is 5.38. The molecule has 1 aromatic carbocycles. The van der Waals surface area contributed by atoms with Crippen LogP contribution in [0, 0.1) is 5.92 Å². The van der Waals surface area contributed by atoms with Gasteiger partial charge >= 0.3 is 12.1 Å². The fourth-order valence-corrected chi connectivity index (χ4v) is 2.77. The summed E-state index contributed by atoms with van der Waals surface area (Å²) in [6.45, 7) is 10.5. The zero-order chi connectivity index (χ0) is 38.5. The number of ether oxygens (including phenoxy) is 2. The zero-order valence-corrected chi connectivity index (χ0v) is 32.8. The molecule has 2 rings (SSSR count). The largest absolute Gasteiger partial charge is 0.527 e. The minimum Gasteiger partial charge on any atom is -0.527 e. The van der Waals surface area contributed by atoms with Gasteiger partial charge in [0.15, 0.2) is 6.61 Å². The van der Waals surface area contributed by atoms with E-state index >= 15 is 0 Å². The Hall–Kier alpha value is -5.77. The van der Waals surface area contributed by atoms with Crippen LogP contribution in [0.15, 0.2) is 24.3 Å². The van der Waals surface area contributed by atoms with Crippen molar-refractivity contribution in [3.05, 3.63) is 29.8 Å². The number of carboxylic acids is 1. The molecule has 294 valence electrons. The van der Waals surface area contributed by atoms with E-state index in [9.17, 15) is 28.8 Å². The second-order valence-corrected chi connectivity index (χ2v) is 10.7. The van der Waals surface area contributed by atoms with Crippen LogP contribution in [0.1, 0.15) is 52.5 Å². The van der Waals surface area contributed by atoms with Crippen LogP contribution < -0.4 is 27.0 Å². The van der Waals surface area contributed by atoms with Gasteiger partial charge in [0.05, 0.1) is 6.54 Å². The number of rotatable bonds is 14. The molecule has 1 unspecified atom stereocenters. The minimum atomic E-state index is -1.15. The summed E-state index contributed by atoms with van der Waals surface area (Å²) in [5, 5.41) is 18.2. The van der Waals surface area contributed by atoms with Crippen molar-refractivity contribution in [1.82, 2.24) is 25.8 Å². The summed E-state index contributed by atoms with van der Waals surface area (Å²) in [7, 11) is 7.96. The van der Waals surface area contributed by atoms with Crippen molar-refractivity contribution < 1.29 is 48.1 Å². The number of nitrogens with one attached hydrogen (secondary N) is 4. The summed E-state index contributed by atoms with van der Waals surface area (Å²) in [5.41, 5.74) is 5.63. The fraction of sp³-hybridized carbons (Fsp3) is 0.594. The smallest absolute Gasteiger partial charge is 0.410 e. The molecule has 0 spiro atoms. The maximum atomic E-state index is 11.7. The van der Waals surface area contributed by atoms with Gasteiger partial charge in [0.1, 0.15) is 6.61 Å². The Labute approximate surface area is 290 Å². The number of hydrogen-bond donors (Lipinski definition) is 6. The molecule has 0 radical (unpaired) electrons. The first-order valence-electron chi connectivity index (χ1n) is 15.5. The SMILES string of the molecule is CC(C)C(C)N[C-]=O.CCCNC.CN(C)C.NC=O.O=CNCC(=O)Nc1ccc(COC(=O)N2CCCC2)cc1.O=COCC(=O)O.[Fm]. The van der Waals surface area contributed by atoms with Gasteiger partial charge in [0.2, 0.25) is 18.7 Å². The van der Waals surface area contributed by atoms with Crippen molar-refractivity contribution in [2.75, 3.05) is 66.3 Å². The van der Waals surface area contributed by atoms with Gasteiger partial charge in [-0.2, -0.15) is 6.41 Å². The van der Waals surface area contributed by atoms with Gasteiger partial charge < -0.3 is 56.2 Å². The second kappa shape index (κ2) is 39.4. The molecule has 1 aliphatic heterocycles. The number of aliphatic carboxylic acids is 1. The Bertz CT molecular complexity index is 993. The number of hydrogen-bond acceptors (Lipinski definition) is 11. The van der Waals surface area contributed by atoms with E-state index in [1.165, 1.54) is 6.42 Å². The average Bonchev–Trinajstić information content (AvgIpc) is 3.59. The molecule has 0 saturated carbocycles. The molecule has 18 heteroatoms. The number of nitrogens with zero attached hydrogens (tertiary/aromatic N) is 2. The second-order valence-electron chi connectivity index (χ2n) is 10.7. The van der Waals surface area contributed by atoms with Crippen molar-refractivity contribution in [2.45, 2.75) is 59.6 Å². The summed E-state index contributed by atoms with van der Waals surface area (Å²) >= 11 is 0. The molecule has 17 nitrogen and oxygen atoms in total. The number of primary amides is 1. The first kappa shape index (κ1) is 53.7. The molecule has 50 heavy (non-hydrogen) atoms. The third-order valence-electron chi connectivity index (χ3n) is 5.37. The van der Waals surface area contributed by atoms with Crippen LogP contribution in [-0.2, 0) is 44.8 Å². The van der Waals surface area contributed by atoms with Gasteiger partial charge in [-0.05, 0) is 90.6 Å². The van der Waals surface area contributed by atoms with E-state index in [0.717, 1.165) is 38.0 Å². The van der Waals surface area contributed by atoms with E-state index in [0.29, 0.717) is 18.0 Å². The maximum Gasteiger partial charge on any atom is 0.410 e. The van der Waals surface area contributed by atoms with Crippen LogP contribution in [0.5, 0.6) is 0 Å². The molecule has 1 fully saturated rings. The van der Waals surface area contributed by atoms with Crippen molar-refractivity contribution in [3.63, 3.8) is 0 Å². The Kier molecular flexibility index (Phi) is 42.3. The van der Waals surface area contributed by atoms with Gasteiger partial charge in [-0.1, -0.05) is 32.9 Å². The molecule has 1 aromatic rings. The molecule has 1 heterocycles. The average molecular weight is 958 g/mol. The summed E-state index contributed by atoms with van der Waals surface area (Å²) in [4.78, 5) is 73.9. The van der Waals surface area contributed by atoms with Crippen LogP contribution in [0.2, 0.25) is 0 Å². The molecule has 1 saturated heterocycles. The molecule has 7 N–H and O–H groups in total. The number of likely N-dealkylation sites (tertiary alicyclic amines) is 1. The van der Waals surface area contributed by atoms with Crippen LogP contribution in [-0.4, -0.2) is 126 Å². The van der Waals surface area contributed by atoms with E-state index in [1.54, 1.807) is 35.6 Å². The first-order chi connectivity index (χ1) is 23.2. The summed E-state index contributed by atoms with van der Waals surface area (Å²) < 4.78 is 9.05. The molecular weight excluding hydrogens is 899 g/mol. The van der Waals surface area contributed by atoms with Gasteiger partial charge in [0.25, 0.3) is 6.47 Å². The number of nitrogens with two attached hydrogens (primary N) is 1. The molecule has 1 atom stereocenters. The van der Waals surface area contributed by atoms with E-state index in [1.807, 2.05) is 40.0 Å². The van der Waals surface area contributed by atoms with Crippen molar-refractivity contribution >= 4 is 49.4 Å². The minimum absolute atomic E-state index is 0. The summed E-state index contributed by atoms with van der Waals surface area (Å²) in [6, 6.07) is 7.24. The molecule has 5 amide bonds. The van der Waals surface area contributed by atoms with E-state index in [-0.39, 0.29) is 44.1 Å². The Balaban J connectivity index is -0.000000199. The van der Waals surface area contributed by atoms with Crippen LogP contribution in [0.3, 0.4) is 0 Å². The Morgan fingerprint density at radius 1 is 1.06 bits per heavy atom. The number of anilines is 1. The van der Waals surface area contributed by atoms with Crippen molar-refractivity contribution in [3.8, 4) is 0 Å². The van der Waals surface area contributed by atoms with E-state index < -0.39 is 12.6 Å². The van der Waals surface area contributed by atoms with Crippen molar-refractivity contribution in [1.29, 1.82) is 0 Å². The number of carboxylic acid groups (broad SMARTS) is 1. The summed E-state index contributed by atoms with van der Waals surface area (Å²) in [5.74, 6) is -0.955. The van der Waals surface area contributed by atoms with Gasteiger partial charge in [0, 0.05) is 18.8 Å². The monoisotopic (exact) mass is 958 g/mol. The number of benzene rings is 1. The molecule has 0 aromatic heterocycles. The van der Waals surface area contributed by atoms with Crippen LogP contribution in [0.25, 0.3) is 0 Å². The van der Waals surface area contributed by atoms with Gasteiger partial charge in [-0.15, -0.1) is 0 Å². The standard InChI is InChI=1S/C15H19N3O4.C6H12NO.C4H11N.C3H9N.C3H4O4.CH3NO.Fm/c19-11-16-9-14(20)17-13-5-3-12(4-6-13)10-22-15(21)18-7-1-2-8-18;1-5(2)6(3)7-4-8;1-3-4-5-2;1-4(2)3;4-2-7-1-3(5)6;2-1-3;/h3-6,11H,1-2,7-10H2,(H,16,19)(H,17,20);5-6H,1-3H3,(H,7,8);5H,3-4H2,1-2H3;1-3H3;2H,1H2,(H,5,6);1H,(H2,2,3);/q;-1;;;;;. The molecule has 0 aliphatic carbocycles. The van der Waals surface area contributed by atoms with Crippen LogP contribution >= 0.6 is 0 Å². The third-order valence-corrected chi connectivity index (χ3v) is 5.37.